The van der Waals surface area contributed by atoms with Crippen LogP contribution in [0.15, 0.2) is 43.0 Å². The molecule has 0 N–H and O–H groups in total. The molecule has 0 aliphatic rings. The zero-order chi connectivity index (χ0) is 13.4. The fraction of sp³-hybridized carbons (Fsp3) is 0.400. The molecule has 2 nitrogen and oxygen atoms in total. The summed E-state index contributed by atoms with van der Waals surface area (Å²) in [6.45, 7) is 7.79. The average molecular weight is 262 g/mol. The first kappa shape index (κ1) is 14.7. The smallest absolute Gasteiger partial charge is 0.317 e. The highest BCUT2D eigenvalue weighted by Gasteiger charge is 2.38. The van der Waals surface area contributed by atoms with Crippen LogP contribution in [0.2, 0.25) is 12.1 Å². The molecule has 0 saturated heterocycles. The molecular weight excluding hydrogens is 240 g/mol. The van der Waals surface area contributed by atoms with Gasteiger partial charge in [0, 0.05) is 6.08 Å². The maximum absolute atomic E-state index is 11.6. The molecule has 1 rings (SSSR count). The summed E-state index contributed by atoms with van der Waals surface area (Å²) in [6, 6.07) is 12.2. The molecule has 0 radical (unpaired) electrons. The minimum Gasteiger partial charge on any atom is -0.512 e. The van der Waals surface area contributed by atoms with E-state index in [4.69, 9.17) is 4.43 Å². The van der Waals surface area contributed by atoms with Crippen LogP contribution in [0.5, 0.6) is 0 Å². The summed E-state index contributed by atoms with van der Waals surface area (Å²) < 4.78 is 5.84. The van der Waals surface area contributed by atoms with Crippen molar-refractivity contribution in [2.75, 3.05) is 0 Å². The second kappa shape index (κ2) is 7.16. The molecule has 0 aliphatic carbocycles. The van der Waals surface area contributed by atoms with Crippen LogP contribution in [-0.4, -0.2) is 14.3 Å². The highest BCUT2D eigenvalue weighted by Crippen LogP contribution is 2.22. The third-order valence-corrected chi connectivity index (χ3v) is 7.66. The predicted molar refractivity (Wildman–Crippen MR) is 78.3 cm³/mol. The first-order valence-corrected chi connectivity index (χ1v) is 8.91. The standard InChI is InChI=1S/C15H22O2Si/c1-4-12-18(13-5-2,17-15(16)6-3)14-10-8-7-9-11-14/h6-11H,3-5,12-13H2,1-2H3. The molecule has 98 valence electrons. The van der Waals surface area contributed by atoms with Crippen LogP contribution in [0.25, 0.3) is 0 Å². The summed E-state index contributed by atoms with van der Waals surface area (Å²) in [5.41, 5.74) is 0. The van der Waals surface area contributed by atoms with Gasteiger partial charge in [-0.25, -0.2) is 4.79 Å². The normalized spacial score (nSPS) is 11.0. The van der Waals surface area contributed by atoms with E-state index in [0.29, 0.717) is 0 Å². The summed E-state index contributed by atoms with van der Waals surface area (Å²) in [5, 5.41) is 1.21. The summed E-state index contributed by atoms with van der Waals surface area (Å²) in [6.07, 6.45) is 3.34. The Morgan fingerprint density at radius 3 is 2.22 bits per heavy atom. The summed E-state index contributed by atoms with van der Waals surface area (Å²) in [5.74, 6) is -0.285. The van der Waals surface area contributed by atoms with E-state index in [2.05, 4.69) is 32.6 Å². The van der Waals surface area contributed by atoms with Crippen molar-refractivity contribution in [1.82, 2.24) is 0 Å². The quantitative estimate of drug-likeness (QED) is 0.556. The number of hydrogen-bond donors (Lipinski definition) is 0. The lowest BCUT2D eigenvalue weighted by Gasteiger charge is -2.30. The highest BCUT2D eigenvalue weighted by atomic mass is 28.4. The van der Waals surface area contributed by atoms with Gasteiger partial charge in [0.25, 0.3) is 8.32 Å². The fourth-order valence-corrected chi connectivity index (χ4v) is 6.39. The molecule has 18 heavy (non-hydrogen) atoms. The zero-order valence-corrected chi connectivity index (χ0v) is 12.3. The van der Waals surface area contributed by atoms with Gasteiger partial charge in [-0.2, -0.15) is 0 Å². The van der Waals surface area contributed by atoms with Crippen LogP contribution >= 0.6 is 0 Å². The zero-order valence-electron chi connectivity index (χ0n) is 11.3. The lowest BCUT2D eigenvalue weighted by Crippen LogP contribution is -2.51. The number of rotatable bonds is 7. The van der Waals surface area contributed by atoms with Crippen LogP contribution < -0.4 is 5.19 Å². The third kappa shape index (κ3) is 3.57. The van der Waals surface area contributed by atoms with Gasteiger partial charge < -0.3 is 4.43 Å². The second-order valence-corrected chi connectivity index (χ2v) is 8.26. The highest BCUT2D eigenvalue weighted by molar-refractivity contribution is 6.87. The maximum Gasteiger partial charge on any atom is 0.317 e. The van der Waals surface area contributed by atoms with Gasteiger partial charge in [0.15, 0.2) is 0 Å². The molecule has 1 aromatic rings. The van der Waals surface area contributed by atoms with Gasteiger partial charge in [0.2, 0.25) is 0 Å². The van der Waals surface area contributed by atoms with E-state index in [1.165, 1.54) is 11.3 Å². The summed E-state index contributed by atoms with van der Waals surface area (Å²) >= 11 is 0. The van der Waals surface area contributed by atoms with Crippen molar-refractivity contribution < 1.29 is 9.22 Å². The van der Waals surface area contributed by atoms with Gasteiger partial charge in [-0.1, -0.05) is 63.6 Å². The van der Waals surface area contributed by atoms with Crippen molar-refractivity contribution in [1.29, 1.82) is 0 Å². The van der Waals surface area contributed by atoms with E-state index in [0.717, 1.165) is 24.9 Å². The SMILES string of the molecule is C=CC(=O)O[Si](CCC)(CCC)c1ccccc1. The van der Waals surface area contributed by atoms with Gasteiger partial charge in [-0.05, 0) is 17.3 Å². The van der Waals surface area contributed by atoms with Crippen LogP contribution in [-0.2, 0) is 9.22 Å². The molecule has 1 aromatic carbocycles. The Hall–Kier alpha value is -1.35. The van der Waals surface area contributed by atoms with Crippen molar-refractivity contribution >= 4 is 19.5 Å². The number of benzene rings is 1. The Bertz CT molecular complexity index is 381. The van der Waals surface area contributed by atoms with Gasteiger partial charge in [0.1, 0.15) is 0 Å². The molecule has 0 amide bonds. The van der Waals surface area contributed by atoms with Crippen LogP contribution in [0.1, 0.15) is 26.7 Å². The molecule has 0 fully saturated rings. The first-order chi connectivity index (χ1) is 8.68. The minimum atomic E-state index is -2.18. The van der Waals surface area contributed by atoms with Gasteiger partial charge >= 0.3 is 5.97 Å². The van der Waals surface area contributed by atoms with Crippen molar-refractivity contribution in [2.45, 2.75) is 38.8 Å². The van der Waals surface area contributed by atoms with Gasteiger partial charge in [-0.3, -0.25) is 0 Å². The molecule has 0 aromatic heterocycles. The molecule has 0 heterocycles. The Morgan fingerprint density at radius 2 is 1.78 bits per heavy atom. The lowest BCUT2D eigenvalue weighted by atomic mass is 10.4. The van der Waals surface area contributed by atoms with Gasteiger partial charge in [0.05, 0.1) is 0 Å². The first-order valence-electron chi connectivity index (χ1n) is 6.59. The minimum absolute atomic E-state index is 0.285. The predicted octanol–water partition coefficient (Wildman–Crippen LogP) is 3.39. The van der Waals surface area contributed by atoms with Crippen LogP contribution in [0.4, 0.5) is 0 Å². The summed E-state index contributed by atoms with van der Waals surface area (Å²) in [4.78, 5) is 11.6. The average Bonchev–Trinajstić information content (AvgIpc) is 2.40. The Balaban J connectivity index is 3.11. The van der Waals surface area contributed by atoms with Crippen molar-refractivity contribution in [3.63, 3.8) is 0 Å². The lowest BCUT2D eigenvalue weighted by molar-refractivity contribution is -0.129. The molecule has 0 aliphatic heterocycles. The van der Waals surface area contributed by atoms with E-state index < -0.39 is 8.32 Å². The molecule has 0 saturated carbocycles. The van der Waals surface area contributed by atoms with Crippen molar-refractivity contribution in [3.8, 4) is 0 Å². The largest absolute Gasteiger partial charge is 0.512 e. The Labute approximate surface area is 111 Å². The third-order valence-electron chi connectivity index (χ3n) is 3.07. The molecule has 3 heteroatoms. The fourth-order valence-electron chi connectivity index (χ4n) is 2.36. The molecule has 0 spiro atoms. The second-order valence-electron chi connectivity index (χ2n) is 4.49. The number of carbonyl (C=O) groups is 1. The molecule has 0 unspecified atom stereocenters. The van der Waals surface area contributed by atoms with E-state index >= 15 is 0 Å². The van der Waals surface area contributed by atoms with E-state index in [-0.39, 0.29) is 5.97 Å². The molecule has 0 atom stereocenters. The van der Waals surface area contributed by atoms with Crippen LogP contribution in [0.3, 0.4) is 0 Å². The van der Waals surface area contributed by atoms with Crippen molar-refractivity contribution in [2.24, 2.45) is 0 Å². The van der Waals surface area contributed by atoms with Crippen molar-refractivity contribution in [3.05, 3.63) is 43.0 Å². The maximum atomic E-state index is 11.6. The van der Waals surface area contributed by atoms with Crippen LogP contribution in [0, 0.1) is 0 Å². The topological polar surface area (TPSA) is 26.3 Å². The number of carbonyl (C=O) groups excluding carboxylic acids is 1. The van der Waals surface area contributed by atoms with E-state index in [1.807, 2.05) is 18.2 Å². The van der Waals surface area contributed by atoms with E-state index in [1.54, 1.807) is 0 Å². The molecular formula is C15H22O2Si. The number of hydrogen-bond acceptors (Lipinski definition) is 2. The van der Waals surface area contributed by atoms with E-state index in [9.17, 15) is 4.79 Å². The Kier molecular flexibility index (Phi) is 5.85. The summed E-state index contributed by atoms with van der Waals surface area (Å²) in [7, 11) is -2.18. The molecule has 0 bridgehead atoms. The monoisotopic (exact) mass is 262 g/mol. The van der Waals surface area contributed by atoms with Gasteiger partial charge in [-0.15, -0.1) is 0 Å². The Morgan fingerprint density at radius 1 is 1.22 bits per heavy atom.